The molecule has 3 amide bonds. The summed E-state index contributed by atoms with van der Waals surface area (Å²) in [5.41, 5.74) is 0.206. The number of nitro benzene ring substituents is 1. The molecule has 0 unspecified atom stereocenters. The Bertz CT molecular complexity index is 798. The van der Waals surface area contributed by atoms with Crippen LogP contribution in [0.3, 0.4) is 0 Å². The van der Waals surface area contributed by atoms with E-state index in [1.54, 1.807) is 6.07 Å². The molecule has 0 atom stereocenters. The standard InChI is InChI=1S/C14H16N4O4S2/c1-14(2,3)17-12(20)16-11(19)7-23-13-15-9-5-4-8(18(21)22)6-10(9)24-13/h4-6H,7H2,1-3H3,(H2,16,17,19,20). The molecule has 0 spiro atoms. The molecule has 2 rings (SSSR count). The second-order valence-corrected chi connectivity index (χ2v) is 8.18. The molecule has 1 heterocycles. The van der Waals surface area contributed by atoms with E-state index in [9.17, 15) is 19.7 Å². The average molecular weight is 368 g/mol. The summed E-state index contributed by atoms with van der Waals surface area (Å²) in [4.78, 5) is 38.0. The number of nitro groups is 1. The molecular weight excluding hydrogens is 352 g/mol. The predicted molar refractivity (Wildman–Crippen MR) is 93.4 cm³/mol. The monoisotopic (exact) mass is 368 g/mol. The lowest BCUT2D eigenvalue weighted by Crippen LogP contribution is -2.48. The van der Waals surface area contributed by atoms with Crippen LogP contribution >= 0.6 is 23.1 Å². The molecule has 2 N–H and O–H groups in total. The normalized spacial score (nSPS) is 11.3. The van der Waals surface area contributed by atoms with Crippen LogP contribution in [0.25, 0.3) is 10.2 Å². The number of thioether (sulfide) groups is 1. The van der Waals surface area contributed by atoms with E-state index in [2.05, 4.69) is 15.6 Å². The van der Waals surface area contributed by atoms with Crippen LogP contribution in [0.15, 0.2) is 22.5 Å². The van der Waals surface area contributed by atoms with E-state index >= 15 is 0 Å². The molecule has 2 aromatic rings. The van der Waals surface area contributed by atoms with Gasteiger partial charge in [0.15, 0.2) is 4.34 Å². The predicted octanol–water partition coefficient (Wildman–Crippen LogP) is 2.92. The first kappa shape index (κ1) is 18.1. The highest BCUT2D eigenvalue weighted by atomic mass is 32.2. The fourth-order valence-electron chi connectivity index (χ4n) is 1.73. The van der Waals surface area contributed by atoms with Gasteiger partial charge in [-0.2, -0.15) is 0 Å². The van der Waals surface area contributed by atoms with Gasteiger partial charge >= 0.3 is 6.03 Å². The third-order valence-electron chi connectivity index (χ3n) is 2.63. The Kier molecular flexibility index (Phi) is 5.40. The number of fused-ring (bicyclic) bond motifs is 1. The van der Waals surface area contributed by atoms with E-state index in [-0.39, 0.29) is 11.4 Å². The van der Waals surface area contributed by atoms with Crippen molar-refractivity contribution in [3.63, 3.8) is 0 Å². The van der Waals surface area contributed by atoms with Gasteiger partial charge < -0.3 is 5.32 Å². The van der Waals surface area contributed by atoms with Crippen LogP contribution in [0.1, 0.15) is 20.8 Å². The van der Waals surface area contributed by atoms with Crippen LogP contribution < -0.4 is 10.6 Å². The maximum Gasteiger partial charge on any atom is 0.321 e. The molecule has 1 aromatic carbocycles. The summed E-state index contributed by atoms with van der Waals surface area (Å²) in [7, 11) is 0. The zero-order valence-electron chi connectivity index (χ0n) is 13.3. The lowest BCUT2D eigenvalue weighted by atomic mass is 10.1. The van der Waals surface area contributed by atoms with Crippen molar-refractivity contribution in [1.82, 2.24) is 15.6 Å². The lowest BCUT2D eigenvalue weighted by molar-refractivity contribution is -0.384. The third kappa shape index (κ3) is 5.17. The number of hydrogen-bond donors (Lipinski definition) is 2. The number of aromatic nitrogens is 1. The number of carbonyl (C=O) groups excluding carboxylic acids is 2. The molecule has 0 bridgehead atoms. The summed E-state index contributed by atoms with van der Waals surface area (Å²) in [5.74, 6) is -0.411. The van der Waals surface area contributed by atoms with Crippen LogP contribution in [-0.4, -0.2) is 33.1 Å². The van der Waals surface area contributed by atoms with Crippen molar-refractivity contribution in [2.75, 3.05) is 5.75 Å². The quantitative estimate of drug-likeness (QED) is 0.487. The molecule has 24 heavy (non-hydrogen) atoms. The molecule has 10 heteroatoms. The van der Waals surface area contributed by atoms with Crippen LogP contribution in [0.5, 0.6) is 0 Å². The highest BCUT2D eigenvalue weighted by Crippen LogP contribution is 2.31. The Hall–Kier alpha value is -2.20. The zero-order chi connectivity index (χ0) is 17.9. The zero-order valence-corrected chi connectivity index (χ0v) is 14.9. The second-order valence-electron chi connectivity index (χ2n) is 5.93. The van der Waals surface area contributed by atoms with Crippen molar-refractivity contribution >= 4 is 50.9 Å². The SMILES string of the molecule is CC(C)(C)NC(=O)NC(=O)CSc1nc2ccc([N+](=O)[O-])cc2s1. The summed E-state index contributed by atoms with van der Waals surface area (Å²) in [6.45, 7) is 5.43. The fourth-order valence-corrected chi connectivity index (χ4v) is 3.63. The van der Waals surface area contributed by atoms with Gasteiger partial charge in [0, 0.05) is 17.7 Å². The number of hydrogen-bond acceptors (Lipinski definition) is 7. The van der Waals surface area contributed by atoms with Gasteiger partial charge in [-0.15, -0.1) is 11.3 Å². The maximum absolute atomic E-state index is 11.8. The molecular formula is C14H16N4O4S2. The van der Waals surface area contributed by atoms with Gasteiger partial charge in [0.05, 0.1) is 20.9 Å². The average Bonchev–Trinajstić information content (AvgIpc) is 2.84. The van der Waals surface area contributed by atoms with Gasteiger partial charge in [0.1, 0.15) is 0 Å². The van der Waals surface area contributed by atoms with E-state index < -0.39 is 22.4 Å². The van der Waals surface area contributed by atoms with Gasteiger partial charge in [-0.1, -0.05) is 11.8 Å². The maximum atomic E-state index is 11.8. The van der Waals surface area contributed by atoms with Crippen molar-refractivity contribution in [3.8, 4) is 0 Å². The smallest absolute Gasteiger partial charge is 0.321 e. The molecule has 0 saturated heterocycles. The van der Waals surface area contributed by atoms with Crippen LogP contribution in [0.4, 0.5) is 10.5 Å². The summed E-state index contributed by atoms with van der Waals surface area (Å²) in [6.07, 6.45) is 0. The molecule has 1 aromatic heterocycles. The van der Waals surface area contributed by atoms with E-state index in [1.165, 1.54) is 35.2 Å². The van der Waals surface area contributed by atoms with Crippen LogP contribution in [-0.2, 0) is 4.79 Å². The lowest BCUT2D eigenvalue weighted by Gasteiger charge is -2.20. The van der Waals surface area contributed by atoms with Gasteiger partial charge in [0.25, 0.3) is 5.69 Å². The molecule has 0 aliphatic heterocycles. The van der Waals surface area contributed by atoms with Crippen molar-refractivity contribution < 1.29 is 14.5 Å². The highest BCUT2D eigenvalue weighted by Gasteiger charge is 2.16. The van der Waals surface area contributed by atoms with E-state index in [4.69, 9.17) is 0 Å². The molecule has 0 fully saturated rings. The number of benzene rings is 1. The minimum atomic E-state index is -0.548. The van der Waals surface area contributed by atoms with Gasteiger partial charge in [0.2, 0.25) is 5.91 Å². The molecule has 0 saturated carbocycles. The summed E-state index contributed by atoms with van der Waals surface area (Å²) in [5, 5.41) is 15.6. The minimum absolute atomic E-state index is 0.000653. The Morgan fingerprint density at radius 2 is 2.08 bits per heavy atom. The number of imide groups is 1. The first-order valence-electron chi connectivity index (χ1n) is 6.94. The number of urea groups is 1. The molecule has 0 aliphatic rings. The van der Waals surface area contributed by atoms with Gasteiger partial charge in [-0.25, -0.2) is 9.78 Å². The number of nitrogens with one attached hydrogen (secondary N) is 2. The van der Waals surface area contributed by atoms with Crippen molar-refractivity contribution in [3.05, 3.63) is 28.3 Å². The number of rotatable bonds is 4. The van der Waals surface area contributed by atoms with Gasteiger partial charge in [-0.3, -0.25) is 20.2 Å². The number of non-ortho nitro benzene ring substituents is 1. The Morgan fingerprint density at radius 1 is 1.38 bits per heavy atom. The van der Waals surface area contributed by atoms with Crippen molar-refractivity contribution in [1.29, 1.82) is 0 Å². The minimum Gasteiger partial charge on any atom is -0.333 e. The number of thiazole rings is 1. The number of amides is 3. The summed E-state index contributed by atoms with van der Waals surface area (Å²) >= 11 is 2.44. The molecule has 8 nitrogen and oxygen atoms in total. The molecule has 128 valence electrons. The Morgan fingerprint density at radius 3 is 2.71 bits per heavy atom. The molecule has 0 radical (unpaired) electrons. The van der Waals surface area contributed by atoms with Crippen molar-refractivity contribution in [2.45, 2.75) is 30.6 Å². The summed E-state index contributed by atoms with van der Waals surface area (Å²) < 4.78 is 1.29. The van der Waals surface area contributed by atoms with Crippen LogP contribution in [0, 0.1) is 10.1 Å². The number of nitrogens with zero attached hydrogens (tertiary/aromatic N) is 2. The van der Waals surface area contributed by atoms with E-state index in [0.29, 0.717) is 14.6 Å². The van der Waals surface area contributed by atoms with Crippen LogP contribution in [0.2, 0.25) is 0 Å². The fraction of sp³-hybridized carbons (Fsp3) is 0.357. The van der Waals surface area contributed by atoms with Crippen molar-refractivity contribution in [2.24, 2.45) is 0 Å². The molecule has 0 aliphatic carbocycles. The largest absolute Gasteiger partial charge is 0.333 e. The second kappa shape index (κ2) is 7.14. The first-order valence-corrected chi connectivity index (χ1v) is 8.74. The number of carbonyl (C=O) groups is 2. The van der Waals surface area contributed by atoms with E-state index in [1.807, 2.05) is 20.8 Å². The van der Waals surface area contributed by atoms with Gasteiger partial charge in [-0.05, 0) is 26.8 Å². The first-order chi connectivity index (χ1) is 11.1. The topological polar surface area (TPSA) is 114 Å². The summed E-state index contributed by atoms with van der Waals surface area (Å²) in [6, 6.07) is 3.87. The van der Waals surface area contributed by atoms with E-state index in [0.717, 1.165) is 0 Å². The Balaban J connectivity index is 1.94. The third-order valence-corrected chi connectivity index (χ3v) is 4.79. The highest BCUT2D eigenvalue weighted by molar-refractivity contribution is 8.01. The Labute approximate surface area is 146 Å².